The van der Waals surface area contributed by atoms with Crippen molar-refractivity contribution in [2.24, 2.45) is 0 Å². The van der Waals surface area contributed by atoms with Gasteiger partial charge in [0.15, 0.2) is 5.82 Å². The van der Waals surface area contributed by atoms with Crippen LogP contribution in [0.25, 0.3) is 0 Å². The summed E-state index contributed by atoms with van der Waals surface area (Å²) in [5.74, 6) is -0.231. The fourth-order valence-corrected chi connectivity index (χ4v) is 4.19. The Hall–Kier alpha value is -3.82. The zero-order valence-corrected chi connectivity index (χ0v) is 19.6. The molecule has 178 valence electrons. The number of carbonyl (C=O) groups is 2. The maximum atomic E-state index is 14.7. The van der Waals surface area contributed by atoms with Gasteiger partial charge < -0.3 is 15.0 Å². The number of anilines is 1. The fourth-order valence-electron chi connectivity index (χ4n) is 4.19. The minimum absolute atomic E-state index is 0.0966. The molecule has 2 heterocycles. The molecule has 0 bridgehead atoms. The molecule has 0 unspecified atom stereocenters. The molecule has 0 radical (unpaired) electrons. The second-order valence-corrected chi connectivity index (χ2v) is 9.24. The summed E-state index contributed by atoms with van der Waals surface area (Å²) < 4.78 is 20.0. The second-order valence-electron chi connectivity index (χ2n) is 9.24. The van der Waals surface area contributed by atoms with Gasteiger partial charge in [-0.3, -0.25) is 9.59 Å². The van der Waals surface area contributed by atoms with E-state index in [-0.39, 0.29) is 23.6 Å². The first kappa shape index (κ1) is 23.3. The number of carbonyl (C=O) groups excluding carboxylic acids is 2. The average molecular weight is 467 g/mol. The molecule has 1 aliphatic rings. The number of halogens is 1. The number of fused-ring (bicyclic) bond motifs is 1. The maximum absolute atomic E-state index is 14.7. The average Bonchev–Trinajstić information content (AvgIpc) is 3.29. The van der Waals surface area contributed by atoms with Gasteiger partial charge in [0, 0.05) is 12.2 Å². The summed E-state index contributed by atoms with van der Waals surface area (Å²) in [6, 6.07) is 9.16. The van der Waals surface area contributed by atoms with Crippen LogP contribution in [0.4, 0.5) is 10.1 Å². The maximum Gasteiger partial charge on any atom is 0.251 e. The van der Waals surface area contributed by atoms with Crippen LogP contribution < -0.4 is 10.1 Å². The van der Waals surface area contributed by atoms with Crippen LogP contribution in [0.2, 0.25) is 0 Å². The Kier molecular flexibility index (Phi) is 6.32. The number of ether oxygens (including phenoxy) is 1. The first-order valence-electron chi connectivity index (χ1n) is 11.0. The molecular formula is C24H27FN6O3. The zero-order chi connectivity index (χ0) is 24.5. The molecule has 1 aliphatic heterocycles. The molecule has 2 amide bonds. The fraction of sp³-hybridized carbons (Fsp3) is 0.375. The first-order chi connectivity index (χ1) is 16.2. The highest BCUT2D eigenvalue weighted by molar-refractivity contribution is 5.98. The van der Waals surface area contributed by atoms with Gasteiger partial charge in [0.1, 0.15) is 17.6 Å². The molecule has 1 atom stereocenters. The summed E-state index contributed by atoms with van der Waals surface area (Å²) in [6.07, 6.45) is 0.462. The van der Waals surface area contributed by atoms with Crippen LogP contribution in [-0.2, 0) is 27.8 Å². The summed E-state index contributed by atoms with van der Waals surface area (Å²) in [7, 11) is 1.57. The number of hydrogen-bond acceptors (Lipinski definition) is 6. The summed E-state index contributed by atoms with van der Waals surface area (Å²) >= 11 is 0. The third kappa shape index (κ3) is 4.75. The normalized spacial score (nSPS) is 15.6. The van der Waals surface area contributed by atoms with Crippen molar-refractivity contribution in [3.63, 3.8) is 0 Å². The van der Waals surface area contributed by atoms with Crippen molar-refractivity contribution in [2.45, 2.75) is 45.1 Å². The number of tetrazole rings is 1. The van der Waals surface area contributed by atoms with Gasteiger partial charge in [-0.05, 0) is 52.8 Å². The molecule has 2 N–H and O–H groups in total. The molecule has 2 aromatic carbocycles. The van der Waals surface area contributed by atoms with Crippen LogP contribution in [0.5, 0.6) is 5.75 Å². The Morgan fingerprint density at radius 1 is 1.24 bits per heavy atom. The smallest absolute Gasteiger partial charge is 0.251 e. The Bertz CT molecular complexity index is 1210. The number of amides is 2. The number of hydrogen-bond donors (Lipinski definition) is 2. The van der Waals surface area contributed by atoms with Crippen LogP contribution in [0.1, 0.15) is 49.3 Å². The number of aromatic nitrogens is 4. The van der Waals surface area contributed by atoms with Crippen LogP contribution >= 0.6 is 0 Å². The molecule has 0 saturated carbocycles. The Morgan fingerprint density at radius 3 is 2.68 bits per heavy atom. The van der Waals surface area contributed by atoms with E-state index in [0.29, 0.717) is 35.5 Å². The van der Waals surface area contributed by atoms with Crippen LogP contribution in [0.3, 0.4) is 0 Å². The highest BCUT2D eigenvalue weighted by Crippen LogP contribution is 2.34. The molecule has 0 fully saturated rings. The van der Waals surface area contributed by atoms with Gasteiger partial charge >= 0.3 is 0 Å². The number of rotatable bonds is 5. The zero-order valence-electron chi connectivity index (χ0n) is 19.6. The van der Waals surface area contributed by atoms with Gasteiger partial charge in [-0.2, -0.15) is 5.21 Å². The molecule has 0 aliphatic carbocycles. The van der Waals surface area contributed by atoms with E-state index in [0.717, 1.165) is 5.56 Å². The van der Waals surface area contributed by atoms with Crippen molar-refractivity contribution in [1.29, 1.82) is 0 Å². The summed E-state index contributed by atoms with van der Waals surface area (Å²) in [4.78, 5) is 28.1. The second kappa shape index (κ2) is 9.20. The van der Waals surface area contributed by atoms with E-state index in [1.807, 2.05) is 26.8 Å². The van der Waals surface area contributed by atoms with Crippen molar-refractivity contribution in [1.82, 2.24) is 25.5 Å². The van der Waals surface area contributed by atoms with Gasteiger partial charge in [-0.1, -0.05) is 38.1 Å². The van der Waals surface area contributed by atoms with Crippen LogP contribution in [0, 0.1) is 5.82 Å². The lowest BCUT2D eigenvalue weighted by atomic mass is 9.86. The molecule has 9 nitrogen and oxygen atoms in total. The van der Waals surface area contributed by atoms with E-state index in [2.05, 4.69) is 25.9 Å². The van der Waals surface area contributed by atoms with E-state index in [1.165, 1.54) is 11.0 Å². The van der Waals surface area contributed by atoms with Crippen molar-refractivity contribution in [3.05, 3.63) is 64.7 Å². The molecule has 0 spiro atoms. The van der Waals surface area contributed by atoms with Gasteiger partial charge in [0.2, 0.25) is 5.91 Å². The highest BCUT2D eigenvalue weighted by Gasteiger charge is 2.36. The first-order valence-corrected chi connectivity index (χ1v) is 11.0. The van der Waals surface area contributed by atoms with Gasteiger partial charge in [-0.15, -0.1) is 10.2 Å². The van der Waals surface area contributed by atoms with Crippen molar-refractivity contribution < 1.29 is 18.7 Å². The van der Waals surface area contributed by atoms with E-state index in [4.69, 9.17) is 4.74 Å². The van der Waals surface area contributed by atoms with Gasteiger partial charge in [0.05, 0.1) is 13.5 Å². The number of nitrogens with one attached hydrogen (secondary N) is 2. The predicted octanol–water partition coefficient (Wildman–Crippen LogP) is 2.95. The van der Waals surface area contributed by atoms with Crippen LogP contribution in [-0.4, -0.2) is 51.0 Å². The monoisotopic (exact) mass is 466 g/mol. The number of aromatic amines is 1. The Morgan fingerprint density at radius 2 is 2.03 bits per heavy atom. The molecule has 10 heteroatoms. The summed E-state index contributed by atoms with van der Waals surface area (Å²) in [6.45, 7) is 6.09. The van der Waals surface area contributed by atoms with Crippen molar-refractivity contribution in [2.75, 3.05) is 19.0 Å². The van der Waals surface area contributed by atoms with Crippen LogP contribution in [0.15, 0.2) is 36.4 Å². The summed E-state index contributed by atoms with van der Waals surface area (Å²) in [5, 5.41) is 16.3. The lowest BCUT2D eigenvalue weighted by Crippen LogP contribution is -2.46. The number of H-pyrrole nitrogens is 1. The molecular weight excluding hydrogens is 439 g/mol. The van der Waals surface area contributed by atoms with Crippen molar-refractivity contribution in [3.8, 4) is 5.75 Å². The topological polar surface area (TPSA) is 113 Å². The lowest BCUT2D eigenvalue weighted by molar-refractivity contribution is -0.139. The predicted molar refractivity (Wildman–Crippen MR) is 123 cm³/mol. The Balaban J connectivity index is 1.65. The minimum Gasteiger partial charge on any atom is -0.497 e. The van der Waals surface area contributed by atoms with Crippen molar-refractivity contribution >= 4 is 17.5 Å². The molecule has 34 heavy (non-hydrogen) atoms. The van der Waals surface area contributed by atoms with Gasteiger partial charge in [0.25, 0.3) is 5.91 Å². The quantitative estimate of drug-likeness (QED) is 0.598. The number of benzene rings is 2. The molecule has 1 aromatic heterocycles. The number of nitrogens with zero attached hydrogens (tertiary/aromatic N) is 4. The molecule has 3 aromatic rings. The number of methoxy groups -OCH3 is 1. The van der Waals surface area contributed by atoms with E-state index in [9.17, 15) is 14.0 Å². The largest absolute Gasteiger partial charge is 0.497 e. The molecule has 0 saturated heterocycles. The van der Waals surface area contributed by atoms with E-state index >= 15 is 0 Å². The lowest BCUT2D eigenvalue weighted by Gasteiger charge is -2.36. The SMILES string of the molecule is COc1ccc2c(c1)CCN(C(=O)Cc1nn[nH]n1)[C@H]2C(=O)Nc1ccc(C(C)(C)C)c(F)c1. The highest BCUT2D eigenvalue weighted by atomic mass is 19.1. The van der Waals surface area contributed by atoms with E-state index in [1.54, 1.807) is 31.4 Å². The standard InChI is InChI=1S/C24H27FN6O3/c1-24(2,3)18-8-5-15(12-19(18)25)26-23(33)22-17-7-6-16(34-4)11-14(17)9-10-31(22)21(32)13-20-27-29-30-28-20/h5-8,11-12,22H,9-10,13H2,1-4H3,(H,26,33)(H,27,28,29,30)/t22-/m1/s1. The third-order valence-electron chi connectivity index (χ3n) is 5.89. The third-order valence-corrected chi connectivity index (χ3v) is 5.89. The molecule has 4 rings (SSSR count). The minimum atomic E-state index is -0.903. The van der Waals surface area contributed by atoms with Gasteiger partial charge in [-0.25, -0.2) is 4.39 Å². The van der Waals surface area contributed by atoms with E-state index < -0.39 is 17.8 Å². The summed E-state index contributed by atoms with van der Waals surface area (Å²) in [5.41, 5.74) is 2.11. The Labute approximate surface area is 196 Å².